The minimum atomic E-state index is -0.278. The minimum Gasteiger partial charge on any atom is -0.507 e. The first kappa shape index (κ1) is 19.1. The van der Waals surface area contributed by atoms with Crippen molar-refractivity contribution in [2.24, 2.45) is 5.10 Å². The first-order chi connectivity index (χ1) is 12.9. The average molecular weight is 425 g/mol. The Hall–Kier alpha value is -2.66. The van der Waals surface area contributed by atoms with Crippen LogP contribution < -0.4 is 5.43 Å². The highest BCUT2D eigenvalue weighted by molar-refractivity contribution is 9.10. The Morgan fingerprint density at radius 2 is 1.93 bits per heavy atom. The van der Waals surface area contributed by atoms with E-state index < -0.39 is 0 Å². The van der Waals surface area contributed by atoms with Gasteiger partial charge in [-0.15, -0.1) is 0 Å². The van der Waals surface area contributed by atoms with E-state index in [0.717, 1.165) is 21.2 Å². The van der Waals surface area contributed by atoms with Gasteiger partial charge in [0.05, 0.1) is 6.21 Å². The Labute approximate surface area is 167 Å². The molecule has 0 aromatic heterocycles. The van der Waals surface area contributed by atoms with Crippen molar-refractivity contribution in [3.8, 4) is 16.9 Å². The van der Waals surface area contributed by atoms with Gasteiger partial charge < -0.3 is 5.11 Å². The molecule has 0 saturated heterocycles. The van der Waals surface area contributed by atoms with Gasteiger partial charge in [0.25, 0.3) is 5.91 Å². The molecular formula is C22H21BrN2O2. The van der Waals surface area contributed by atoms with Crippen LogP contribution in [-0.2, 0) is 0 Å². The average Bonchev–Trinajstić information content (AvgIpc) is 2.80. The van der Waals surface area contributed by atoms with Crippen LogP contribution in [0.1, 0.15) is 46.8 Å². The summed E-state index contributed by atoms with van der Waals surface area (Å²) in [4.78, 5) is 12.7. The molecule has 0 spiro atoms. The lowest BCUT2D eigenvalue weighted by molar-refractivity contribution is 0.0956. The lowest BCUT2D eigenvalue weighted by Crippen LogP contribution is -2.17. The number of phenolic OH excluding ortho intramolecular Hbond substituents is 1. The second-order valence-corrected chi connectivity index (χ2v) is 7.71. The zero-order chi connectivity index (χ0) is 19.6. The van der Waals surface area contributed by atoms with E-state index in [2.05, 4.69) is 52.4 Å². The van der Waals surface area contributed by atoms with Crippen LogP contribution in [0, 0.1) is 6.92 Å². The molecule has 2 aliphatic carbocycles. The number of amides is 1. The van der Waals surface area contributed by atoms with Gasteiger partial charge in [0.2, 0.25) is 0 Å². The van der Waals surface area contributed by atoms with Gasteiger partial charge in [-0.2, -0.15) is 5.10 Å². The number of halogens is 1. The van der Waals surface area contributed by atoms with Gasteiger partial charge in [-0.05, 0) is 59.4 Å². The zero-order valence-electron chi connectivity index (χ0n) is 15.5. The maximum atomic E-state index is 12.7. The van der Waals surface area contributed by atoms with E-state index in [1.807, 2.05) is 25.1 Å². The lowest BCUT2D eigenvalue weighted by Gasteiger charge is -2.05. The van der Waals surface area contributed by atoms with Crippen molar-refractivity contribution in [2.45, 2.75) is 26.7 Å². The topological polar surface area (TPSA) is 61.7 Å². The second-order valence-electron chi connectivity index (χ2n) is 6.80. The maximum Gasteiger partial charge on any atom is 0.272 e. The van der Waals surface area contributed by atoms with Crippen molar-refractivity contribution in [3.63, 3.8) is 0 Å². The molecule has 2 N–H and O–H groups in total. The van der Waals surface area contributed by atoms with Crippen LogP contribution in [-0.4, -0.2) is 17.2 Å². The molecule has 1 aromatic carbocycles. The third kappa shape index (κ3) is 4.19. The highest BCUT2D eigenvalue weighted by Gasteiger charge is 2.18. The molecule has 0 fully saturated rings. The van der Waals surface area contributed by atoms with E-state index in [4.69, 9.17) is 0 Å². The van der Waals surface area contributed by atoms with Gasteiger partial charge in [0.15, 0.2) is 0 Å². The zero-order valence-corrected chi connectivity index (χ0v) is 17.0. The highest BCUT2D eigenvalue weighted by atomic mass is 79.9. The molecule has 0 heterocycles. The molecule has 4 nitrogen and oxygen atoms in total. The number of hydrogen-bond donors (Lipinski definition) is 2. The summed E-state index contributed by atoms with van der Waals surface area (Å²) in [6, 6.07) is 15.1. The Balaban J connectivity index is 1.89. The number of aromatic hydroxyl groups is 1. The predicted octanol–water partition coefficient (Wildman–Crippen LogP) is 5.46. The Kier molecular flexibility index (Phi) is 5.61. The third-order valence-corrected chi connectivity index (χ3v) is 4.99. The van der Waals surface area contributed by atoms with Crippen molar-refractivity contribution in [2.75, 3.05) is 0 Å². The molecule has 0 aliphatic heterocycles. The van der Waals surface area contributed by atoms with Crippen molar-refractivity contribution < 1.29 is 9.90 Å². The van der Waals surface area contributed by atoms with Crippen molar-refractivity contribution >= 4 is 28.1 Å². The highest BCUT2D eigenvalue weighted by Crippen LogP contribution is 2.33. The molecule has 0 unspecified atom stereocenters. The van der Waals surface area contributed by atoms with E-state index in [-0.39, 0.29) is 11.7 Å². The van der Waals surface area contributed by atoms with Gasteiger partial charge in [-0.25, -0.2) is 5.43 Å². The summed E-state index contributed by atoms with van der Waals surface area (Å²) >= 11 is 3.35. The lowest BCUT2D eigenvalue weighted by atomic mass is 10.0. The van der Waals surface area contributed by atoms with Crippen LogP contribution in [0.2, 0.25) is 0 Å². The molecule has 138 valence electrons. The summed E-state index contributed by atoms with van der Waals surface area (Å²) in [6.45, 7) is 6.26. The maximum absolute atomic E-state index is 12.7. The number of nitrogens with zero attached hydrogens (tertiary/aromatic N) is 1. The van der Waals surface area contributed by atoms with Gasteiger partial charge in [0.1, 0.15) is 5.75 Å². The number of carbonyl (C=O) groups is 1. The Morgan fingerprint density at radius 3 is 2.67 bits per heavy atom. The minimum absolute atomic E-state index is 0.0967. The van der Waals surface area contributed by atoms with Crippen LogP contribution in [0.25, 0.3) is 11.1 Å². The number of hydrazone groups is 1. The summed E-state index contributed by atoms with van der Waals surface area (Å²) in [7, 11) is 0. The Bertz CT molecular complexity index is 996. The van der Waals surface area contributed by atoms with E-state index in [9.17, 15) is 9.90 Å². The molecule has 1 aromatic rings. The first-order valence-corrected chi connectivity index (χ1v) is 9.51. The molecule has 2 aliphatic rings. The van der Waals surface area contributed by atoms with Crippen LogP contribution >= 0.6 is 15.9 Å². The molecule has 27 heavy (non-hydrogen) atoms. The van der Waals surface area contributed by atoms with E-state index in [1.165, 1.54) is 11.8 Å². The molecule has 0 bridgehead atoms. The molecular weight excluding hydrogens is 404 g/mol. The summed E-state index contributed by atoms with van der Waals surface area (Å²) in [5.41, 5.74) is 7.87. The smallest absolute Gasteiger partial charge is 0.272 e. The van der Waals surface area contributed by atoms with Crippen LogP contribution in [0.4, 0.5) is 0 Å². The number of aryl methyl sites for hydroxylation is 1. The summed E-state index contributed by atoms with van der Waals surface area (Å²) in [6.07, 6.45) is 1.43. The number of rotatable bonds is 4. The standard InChI is InChI=1S/C22H21BrN2O2/c1-13(2)15-5-4-6-18-14(3)9-20(19(18)11-15)22(27)25-24-12-16-10-17(23)7-8-21(16)26/h4-13,26H,1-3H3,(H,25,27)/b24-12+. The second kappa shape index (κ2) is 7.92. The summed E-state index contributed by atoms with van der Waals surface area (Å²) in [5.74, 6) is 0.184. The largest absolute Gasteiger partial charge is 0.507 e. The number of benzene rings is 1. The Morgan fingerprint density at radius 1 is 1.15 bits per heavy atom. The molecule has 1 amide bonds. The van der Waals surface area contributed by atoms with Gasteiger partial charge in [0, 0.05) is 15.6 Å². The number of phenols is 1. The molecule has 0 radical (unpaired) electrons. The molecule has 3 rings (SSSR count). The monoisotopic (exact) mass is 424 g/mol. The fraction of sp³-hybridized carbons (Fsp3) is 0.182. The molecule has 0 atom stereocenters. The molecule has 5 heteroatoms. The van der Waals surface area contributed by atoms with E-state index in [1.54, 1.807) is 18.2 Å². The summed E-state index contributed by atoms with van der Waals surface area (Å²) < 4.78 is 0.819. The van der Waals surface area contributed by atoms with Crippen molar-refractivity contribution in [1.29, 1.82) is 0 Å². The first-order valence-electron chi connectivity index (χ1n) is 8.72. The number of nitrogens with one attached hydrogen (secondary N) is 1. The van der Waals surface area contributed by atoms with E-state index >= 15 is 0 Å². The quantitative estimate of drug-likeness (QED) is 0.431. The SMILES string of the molecule is Cc1cc(C(=O)N/N=C/c2cc(Br)ccc2O)c2cc(C(C)C)cccc1-2. The van der Waals surface area contributed by atoms with Crippen molar-refractivity contribution in [3.05, 3.63) is 75.3 Å². The number of hydrogen-bond acceptors (Lipinski definition) is 3. The molecule has 0 saturated carbocycles. The fourth-order valence-corrected chi connectivity index (χ4v) is 3.35. The van der Waals surface area contributed by atoms with Crippen LogP contribution in [0.3, 0.4) is 0 Å². The number of carbonyl (C=O) groups excluding carboxylic acids is 1. The van der Waals surface area contributed by atoms with Gasteiger partial charge in [-0.1, -0.05) is 54.0 Å². The number of fused-ring (bicyclic) bond motifs is 1. The van der Waals surface area contributed by atoms with Gasteiger partial charge >= 0.3 is 0 Å². The van der Waals surface area contributed by atoms with E-state index in [0.29, 0.717) is 17.0 Å². The van der Waals surface area contributed by atoms with Crippen molar-refractivity contribution in [1.82, 2.24) is 5.43 Å². The predicted molar refractivity (Wildman–Crippen MR) is 113 cm³/mol. The summed E-state index contributed by atoms with van der Waals surface area (Å²) in [5, 5.41) is 13.9. The normalized spacial score (nSPS) is 11.4. The van der Waals surface area contributed by atoms with Crippen LogP contribution in [0.15, 0.2) is 58.1 Å². The van der Waals surface area contributed by atoms with Crippen LogP contribution in [0.5, 0.6) is 5.75 Å². The fourth-order valence-electron chi connectivity index (χ4n) is 2.97. The third-order valence-electron chi connectivity index (χ3n) is 4.50. The van der Waals surface area contributed by atoms with Gasteiger partial charge in [-0.3, -0.25) is 4.79 Å².